The molecule has 0 amide bonds. The molecule has 1 aromatic rings. The molecule has 4 heteroatoms. The first-order chi connectivity index (χ1) is 7.13. The summed E-state index contributed by atoms with van der Waals surface area (Å²) >= 11 is 0. The molecule has 82 valence electrons. The van der Waals surface area contributed by atoms with E-state index in [1.54, 1.807) is 12.1 Å². The molecule has 15 heavy (non-hydrogen) atoms. The number of rotatable bonds is 1. The summed E-state index contributed by atoms with van der Waals surface area (Å²) in [6.07, 6.45) is -0.562. The van der Waals surface area contributed by atoms with Gasteiger partial charge in [-0.1, -0.05) is 0 Å². The molecule has 0 radical (unpaired) electrons. The third kappa shape index (κ3) is 1.66. The van der Waals surface area contributed by atoms with Gasteiger partial charge in [0.15, 0.2) is 0 Å². The van der Waals surface area contributed by atoms with E-state index >= 15 is 0 Å². The maximum Gasteiger partial charge on any atom is 0.116 e. The molecule has 1 aliphatic rings. The van der Waals surface area contributed by atoms with Crippen LogP contribution in [0.15, 0.2) is 18.2 Å². The minimum absolute atomic E-state index is 0.00398. The highest BCUT2D eigenvalue weighted by Crippen LogP contribution is 2.35. The predicted octanol–water partition coefficient (Wildman–Crippen LogP) is 0.463. The number of anilines is 1. The lowest BCUT2D eigenvalue weighted by atomic mass is 9.95. The molecule has 0 bridgehead atoms. The van der Waals surface area contributed by atoms with Crippen molar-refractivity contribution in [2.75, 3.05) is 25.5 Å². The number of phenols is 1. The number of nitrogens with zero attached hydrogens (tertiary/aromatic N) is 1. The maximum atomic E-state index is 10.1. The molecule has 2 atom stereocenters. The largest absolute Gasteiger partial charge is 0.508 e. The van der Waals surface area contributed by atoms with E-state index in [4.69, 9.17) is 0 Å². The Kier molecular flexibility index (Phi) is 2.54. The topological polar surface area (TPSA) is 55.7 Å². The molecule has 2 unspecified atom stereocenters. The zero-order valence-electron chi connectivity index (χ0n) is 8.94. The van der Waals surface area contributed by atoms with Crippen LogP contribution in [0.25, 0.3) is 0 Å². The summed E-state index contributed by atoms with van der Waals surface area (Å²) in [6.45, 7) is 0.759. The van der Waals surface area contributed by atoms with Crippen LogP contribution in [0.2, 0.25) is 0 Å². The molecule has 0 aromatic heterocycles. The van der Waals surface area contributed by atoms with Crippen LogP contribution >= 0.6 is 0 Å². The molecule has 1 heterocycles. The van der Waals surface area contributed by atoms with E-state index in [-0.39, 0.29) is 11.8 Å². The maximum absolute atomic E-state index is 10.1. The van der Waals surface area contributed by atoms with Crippen molar-refractivity contribution < 1.29 is 10.2 Å². The van der Waals surface area contributed by atoms with E-state index in [0.29, 0.717) is 0 Å². The number of nitrogens with one attached hydrogen (secondary N) is 1. The number of phenolic OH excluding ortho intramolecular Hbond substituents is 1. The van der Waals surface area contributed by atoms with E-state index in [1.165, 1.54) is 0 Å². The van der Waals surface area contributed by atoms with Gasteiger partial charge in [0.25, 0.3) is 0 Å². The predicted molar refractivity (Wildman–Crippen MR) is 59.2 cm³/mol. The second-order valence-electron chi connectivity index (χ2n) is 3.96. The fourth-order valence-corrected chi connectivity index (χ4v) is 2.09. The standard InChI is InChI=1S/C11H16N2O2/c1-12-9-6-13(2)10-4-3-7(14)5-8(10)11(9)15/h3-5,9,11-12,14-15H,6H2,1-2H3. The van der Waals surface area contributed by atoms with Crippen molar-refractivity contribution in [2.45, 2.75) is 12.1 Å². The van der Waals surface area contributed by atoms with Crippen molar-refractivity contribution in [1.29, 1.82) is 0 Å². The number of aromatic hydroxyl groups is 1. The first-order valence-corrected chi connectivity index (χ1v) is 5.03. The van der Waals surface area contributed by atoms with Crippen LogP contribution in [0.1, 0.15) is 11.7 Å². The molecule has 1 aromatic carbocycles. The lowest BCUT2D eigenvalue weighted by Crippen LogP contribution is -2.46. The number of hydrogen-bond acceptors (Lipinski definition) is 4. The quantitative estimate of drug-likeness (QED) is 0.627. The van der Waals surface area contributed by atoms with Crippen LogP contribution in [0.4, 0.5) is 5.69 Å². The lowest BCUT2D eigenvalue weighted by molar-refractivity contribution is 0.129. The average Bonchev–Trinajstić information content (AvgIpc) is 2.23. The van der Waals surface area contributed by atoms with Gasteiger partial charge in [0.1, 0.15) is 5.75 Å². The van der Waals surface area contributed by atoms with Crippen molar-refractivity contribution in [3.63, 3.8) is 0 Å². The molecule has 0 fully saturated rings. The zero-order valence-corrected chi connectivity index (χ0v) is 8.94. The van der Waals surface area contributed by atoms with Crippen molar-refractivity contribution in [3.05, 3.63) is 23.8 Å². The monoisotopic (exact) mass is 208 g/mol. The third-order valence-electron chi connectivity index (χ3n) is 2.96. The lowest BCUT2D eigenvalue weighted by Gasteiger charge is -2.36. The van der Waals surface area contributed by atoms with Crippen molar-refractivity contribution in [3.8, 4) is 5.75 Å². The van der Waals surface area contributed by atoms with Gasteiger partial charge < -0.3 is 20.4 Å². The molecule has 3 N–H and O–H groups in total. The van der Waals surface area contributed by atoms with E-state index in [0.717, 1.165) is 17.8 Å². The molecule has 0 spiro atoms. The van der Waals surface area contributed by atoms with Gasteiger partial charge in [0.05, 0.1) is 12.1 Å². The Bertz CT molecular complexity index is 368. The summed E-state index contributed by atoms with van der Waals surface area (Å²) in [5.41, 5.74) is 1.76. The summed E-state index contributed by atoms with van der Waals surface area (Å²) in [7, 11) is 3.81. The average molecular weight is 208 g/mol. The van der Waals surface area contributed by atoms with Gasteiger partial charge in [-0.05, 0) is 25.2 Å². The number of aliphatic hydroxyl groups is 1. The smallest absolute Gasteiger partial charge is 0.116 e. The van der Waals surface area contributed by atoms with E-state index in [1.807, 2.05) is 20.2 Å². The Hall–Kier alpha value is -1.26. The molecule has 2 rings (SSSR count). The molecule has 1 aliphatic heterocycles. The number of fused-ring (bicyclic) bond motifs is 1. The normalized spacial score (nSPS) is 25.1. The summed E-state index contributed by atoms with van der Waals surface area (Å²) in [6, 6.07) is 5.10. The third-order valence-corrected chi connectivity index (χ3v) is 2.96. The molecular weight excluding hydrogens is 192 g/mol. The van der Waals surface area contributed by atoms with Crippen molar-refractivity contribution >= 4 is 5.69 Å². The Morgan fingerprint density at radius 3 is 2.87 bits per heavy atom. The first kappa shape index (κ1) is 10.3. The minimum atomic E-state index is -0.562. The van der Waals surface area contributed by atoms with Crippen molar-refractivity contribution in [1.82, 2.24) is 5.32 Å². The highest BCUT2D eigenvalue weighted by Gasteiger charge is 2.29. The van der Waals surface area contributed by atoms with Crippen LogP contribution in [-0.4, -0.2) is 36.9 Å². The van der Waals surface area contributed by atoms with E-state index in [2.05, 4.69) is 10.2 Å². The number of benzene rings is 1. The van der Waals surface area contributed by atoms with Gasteiger partial charge in [-0.15, -0.1) is 0 Å². The molecule has 4 nitrogen and oxygen atoms in total. The summed E-state index contributed by atoms with van der Waals surface area (Å²) in [4.78, 5) is 2.07. The minimum Gasteiger partial charge on any atom is -0.508 e. The second-order valence-corrected chi connectivity index (χ2v) is 3.96. The van der Waals surface area contributed by atoms with Gasteiger partial charge in [-0.25, -0.2) is 0 Å². The van der Waals surface area contributed by atoms with Crippen LogP contribution in [0.3, 0.4) is 0 Å². The molecule has 0 saturated carbocycles. The van der Waals surface area contributed by atoms with Crippen LogP contribution in [0, 0.1) is 0 Å². The number of aliphatic hydroxyl groups excluding tert-OH is 1. The van der Waals surface area contributed by atoms with Crippen LogP contribution < -0.4 is 10.2 Å². The van der Waals surface area contributed by atoms with Crippen molar-refractivity contribution in [2.24, 2.45) is 0 Å². The van der Waals surface area contributed by atoms with Crippen LogP contribution in [-0.2, 0) is 0 Å². The Labute approximate surface area is 89.1 Å². The highest BCUT2D eigenvalue weighted by atomic mass is 16.3. The highest BCUT2D eigenvalue weighted by molar-refractivity contribution is 5.59. The van der Waals surface area contributed by atoms with Gasteiger partial charge in [0.2, 0.25) is 0 Å². The van der Waals surface area contributed by atoms with Gasteiger partial charge >= 0.3 is 0 Å². The first-order valence-electron chi connectivity index (χ1n) is 5.03. The second kappa shape index (κ2) is 3.72. The summed E-state index contributed by atoms with van der Waals surface area (Å²) < 4.78 is 0. The molecule has 0 aliphatic carbocycles. The van der Waals surface area contributed by atoms with Crippen LogP contribution in [0.5, 0.6) is 5.75 Å². The number of hydrogen-bond donors (Lipinski definition) is 3. The Balaban J connectivity index is 2.45. The fraction of sp³-hybridized carbons (Fsp3) is 0.455. The zero-order chi connectivity index (χ0) is 11.0. The molecule has 0 saturated heterocycles. The Morgan fingerprint density at radius 2 is 2.20 bits per heavy atom. The van der Waals surface area contributed by atoms with Gasteiger partial charge in [0, 0.05) is 24.8 Å². The summed E-state index contributed by atoms with van der Waals surface area (Å²) in [5.74, 6) is 0.193. The van der Waals surface area contributed by atoms with Gasteiger partial charge in [-0.3, -0.25) is 0 Å². The molecular formula is C11H16N2O2. The van der Waals surface area contributed by atoms with E-state index in [9.17, 15) is 10.2 Å². The summed E-state index contributed by atoms with van der Waals surface area (Å²) in [5, 5.41) is 22.5. The number of likely N-dealkylation sites (N-methyl/N-ethyl adjacent to an activating group) is 2. The van der Waals surface area contributed by atoms with E-state index < -0.39 is 6.10 Å². The fourth-order valence-electron chi connectivity index (χ4n) is 2.09. The SMILES string of the molecule is CNC1CN(C)c2ccc(O)cc2C1O. The Morgan fingerprint density at radius 1 is 1.47 bits per heavy atom. The van der Waals surface area contributed by atoms with Gasteiger partial charge in [-0.2, -0.15) is 0 Å².